The average molecular weight is 59.8 g/mol. The van der Waals surface area contributed by atoms with Gasteiger partial charge in [0.05, 0.1) is 0 Å². The highest BCUT2D eigenvalue weighted by molar-refractivity contribution is 6.35. The Balaban J connectivity index is 2.32. The van der Waals surface area contributed by atoms with E-state index in [9.17, 15) is 0 Å². The van der Waals surface area contributed by atoms with Crippen LogP contribution >= 0.6 is 0 Å². The Hall–Kier alpha value is -0.0551. The maximum Gasteiger partial charge on any atom is 0.562 e. The fourth-order valence-corrected chi connectivity index (χ4v) is 0. The zero-order chi connectivity index (χ0) is 3.58. The van der Waals surface area contributed by atoms with Crippen LogP contribution in [0.15, 0.2) is 0 Å². The molecule has 0 rings (SSSR count). The number of hydrogen-bond donors (Lipinski definition) is 2. The van der Waals surface area contributed by atoms with E-state index in [2.05, 4.69) is 0 Å². The van der Waals surface area contributed by atoms with E-state index in [-0.39, 0.29) is 0 Å². The Kier molecular flexibility index (Phi) is 1.27. The fourth-order valence-electron chi connectivity index (χ4n) is 0. The van der Waals surface area contributed by atoms with Gasteiger partial charge in [-0.25, -0.2) is 5.64 Å². The minimum Gasteiger partial charge on any atom is -0.412 e. The van der Waals surface area contributed by atoms with Gasteiger partial charge in [-0.15, -0.1) is 0 Å². The molecule has 0 aromatic carbocycles. The molecule has 0 aromatic rings. The first-order chi connectivity index (χ1) is 1.73. The van der Waals surface area contributed by atoms with E-state index in [1.807, 2.05) is 0 Å². The lowest BCUT2D eigenvalue weighted by Crippen LogP contribution is -2.10. The molecule has 0 aliphatic rings. The molecule has 0 bridgehead atoms. The molecular weight excluding hydrogens is 56.8 g/mol. The topological polar surface area (TPSA) is 64.3 Å². The maximum atomic E-state index is 7.28. The quantitative estimate of drug-likeness (QED) is 0.325. The van der Waals surface area contributed by atoms with E-state index in [1.165, 1.54) is 0 Å². The Morgan fingerprint density at radius 3 is 1.50 bits per heavy atom. The molecule has 0 aliphatic carbocycles. The predicted octanol–water partition coefficient (Wildman–Crippen LogP) is -1.76. The molecule has 0 aromatic heterocycles. The first-order valence-corrected chi connectivity index (χ1v) is 0.805. The fraction of sp³-hybridized carbons (Fsp3) is 0. The SMILES string of the molecule is [NH]B(O)O. The zero-order valence-corrected chi connectivity index (χ0v) is 1.97. The highest BCUT2D eigenvalue weighted by atomic mass is 16.4. The van der Waals surface area contributed by atoms with E-state index < -0.39 is 7.25 Å². The lowest BCUT2D eigenvalue weighted by atomic mass is 10.2. The van der Waals surface area contributed by atoms with Crippen LogP contribution in [0.1, 0.15) is 0 Å². The molecule has 0 saturated heterocycles. The largest absolute Gasteiger partial charge is 0.562 e. The van der Waals surface area contributed by atoms with Crippen LogP contribution in [0, 0.1) is 0 Å². The van der Waals surface area contributed by atoms with Gasteiger partial charge in [0, 0.05) is 0 Å². The molecule has 3 N–H and O–H groups in total. The second-order valence-corrected chi connectivity index (χ2v) is 0.374. The summed E-state index contributed by atoms with van der Waals surface area (Å²) in [7, 11) is -1.92. The molecule has 1 radical (unpaired) electrons. The molecule has 0 heterocycles. The van der Waals surface area contributed by atoms with Crippen molar-refractivity contribution in [3.63, 3.8) is 0 Å². The molecule has 4 heavy (non-hydrogen) atoms. The number of nitrogens with one attached hydrogen (secondary N) is 1. The van der Waals surface area contributed by atoms with Gasteiger partial charge in [0.15, 0.2) is 0 Å². The highest BCUT2D eigenvalue weighted by Crippen LogP contribution is 1.37. The third-order valence-electron chi connectivity index (χ3n) is 0. The van der Waals surface area contributed by atoms with Gasteiger partial charge in [0.1, 0.15) is 0 Å². The van der Waals surface area contributed by atoms with Gasteiger partial charge in [-0.2, -0.15) is 0 Å². The van der Waals surface area contributed by atoms with Crippen molar-refractivity contribution in [2.75, 3.05) is 0 Å². The third-order valence-corrected chi connectivity index (χ3v) is 0. The van der Waals surface area contributed by atoms with Gasteiger partial charge in [-0.3, -0.25) is 0 Å². The summed E-state index contributed by atoms with van der Waals surface area (Å²) in [5, 5.41) is 14.6. The third kappa shape index (κ3) is 573. The Labute approximate surface area is 24.2 Å². The summed E-state index contributed by atoms with van der Waals surface area (Å²) >= 11 is 0. The van der Waals surface area contributed by atoms with Gasteiger partial charge in [-0.1, -0.05) is 0 Å². The van der Waals surface area contributed by atoms with Crippen LogP contribution < -0.4 is 5.64 Å². The molecule has 0 amide bonds. The molecular formula is H3BNO2. The summed E-state index contributed by atoms with van der Waals surface area (Å²) in [4.78, 5) is 0. The van der Waals surface area contributed by atoms with Crippen molar-refractivity contribution in [1.29, 1.82) is 0 Å². The summed E-state index contributed by atoms with van der Waals surface area (Å²) in [5.41, 5.74) is 5.69. The summed E-state index contributed by atoms with van der Waals surface area (Å²) in [6.07, 6.45) is 0. The first-order valence-electron chi connectivity index (χ1n) is 0.805. The molecule has 0 fully saturated rings. The van der Waals surface area contributed by atoms with Gasteiger partial charge >= 0.3 is 7.25 Å². The number of rotatable bonds is 0. The van der Waals surface area contributed by atoms with Crippen molar-refractivity contribution in [2.45, 2.75) is 0 Å². The normalized spacial score (nSPS) is 6.75. The summed E-state index contributed by atoms with van der Waals surface area (Å²) in [5.74, 6) is 0. The van der Waals surface area contributed by atoms with Crippen LogP contribution in [-0.2, 0) is 0 Å². The second-order valence-electron chi connectivity index (χ2n) is 0.374. The first kappa shape index (κ1) is 3.94. The molecule has 0 saturated carbocycles. The molecule has 4 heteroatoms. The van der Waals surface area contributed by atoms with Crippen LogP contribution in [0.25, 0.3) is 0 Å². The lowest BCUT2D eigenvalue weighted by Gasteiger charge is -1.69. The Morgan fingerprint density at radius 1 is 1.50 bits per heavy atom. The van der Waals surface area contributed by atoms with Crippen LogP contribution in [-0.4, -0.2) is 17.3 Å². The van der Waals surface area contributed by atoms with Crippen LogP contribution in [0.3, 0.4) is 0 Å². The minimum atomic E-state index is -1.92. The molecule has 0 unspecified atom stereocenters. The molecule has 23 valence electrons. The van der Waals surface area contributed by atoms with Crippen molar-refractivity contribution in [2.24, 2.45) is 0 Å². The zero-order valence-electron chi connectivity index (χ0n) is 1.97. The average Bonchev–Trinajstić information content (AvgIpc) is 0.811. The summed E-state index contributed by atoms with van der Waals surface area (Å²) in [6, 6.07) is 0. The Morgan fingerprint density at radius 2 is 1.50 bits per heavy atom. The monoisotopic (exact) mass is 60.0 g/mol. The summed E-state index contributed by atoms with van der Waals surface area (Å²) in [6.45, 7) is 0. The highest BCUT2D eigenvalue weighted by Gasteiger charge is 1.90. The molecule has 0 spiro atoms. The second kappa shape index (κ2) is 1.28. The predicted molar refractivity (Wildman–Crippen MR) is 13.3 cm³/mol. The molecule has 0 atom stereocenters. The van der Waals surface area contributed by atoms with E-state index >= 15 is 0 Å². The van der Waals surface area contributed by atoms with Crippen molar-refractivity contribution >= 4 is 7.25 Å². The van der Waals surface area contributed by atoms with Crippen molar-refractivity contribution in [3.8, 4) is 0 Å². The van der Waals surface area contributed by atoms with Crippen LogP contribution in [0.4, 0.5) is 0 Å². The van der Waals surface area contributed by atoms with Crippen LogP contribution in [0.5, 0.6) is 0 Å². The minimum absolute atomic E-state index is 1.92. The standard InChI is InChI=1S/BH3NO2/c2-1(3)4/h2-4H. The van der Waals surface area contributed by atoms with E-state index in [0.29, 0.717) is 0 Å². The van der Waals surface area contributed by atoms with Crippen molar-refractivity contribution < 1.29 is 10.0 Å². The summed E-state index contributed by atoms with van der Waals surface area (Å²) < 4.78 is 0. The lowest BCUT2D eigenvalue weighted by molar-refractivity contribution is 0.406. The van der Waals surface area contributed by atoms with Gasteiger partial charge < -0.3 is 10.0 Å². The van der Waals surface area contributed by atoms with E-state index in [1.54, 1.807) is 0 Å². The maximum absolute atomic E-state index is 7.28. The van der Waals surface area contributed by atoms with E-state index in [4.69, 9.17) is 15.7 Å². The van der Waals surface area contributed by atoms with Crippen molar-refractivity contribution in [3.05, 3.63) is 0 Å². The van der Waals surface area contributed by atoms with Crippen LogP contribution in [0.2, 0.25) is 0 Å². The van der Waals surface area contributed by atoms with Crippen molar-refractivity contribution in [1.82, 2.24) is 5.64 Å². The van der Waals surface area contributed by atoms with Gasteiger partial charge in [0.25, 0.3) is 0 Å². The Bertz CT molecular complexity index is 10.8. The van der Waals surface area contributed by atoms with E-state index in [0.717, 1.165) is 0 Å². The van der Waals surface area contributed by atoms with Gasteiger partial charge in [-0.05, 0) is 0 Å². The number of hydrogen-bond acceptors (Lipinski definition) is 2. The smallest absolute Gasteiger partial charge is 0.412 e. The molecule has 3 nitrogen and oxygen atoms in total. The van der Waals surface area contributed by atoms with Gasteiger partial charge in [0.2, 0.25) is 0 Å². The molecule has 0 aliphatic heterocycles.